The Hall–Kier alpha value is -3.44. The second kappa shape index (κ2) is 16.1. The molecule has 1 amide bonds. The number of aromatic nitrogens is 3. The normalized spacial score (nSPS) is 11.7. The van der Waals surface area contributed by atoms with Crippen LogP contribution in [0.4, 0.5) is 17.2 Å². The zero-order valence-corrected chi connectivity index (χ0v) is 29.2. The minimum atomic E-state index is -4.42. The van der Waals surface area contributed by atoms with Gasteiger partial charge in [0.15, 0.2) is 11.5 Å². The fraction of sp³-hybridized carbons (Fsp3) is 0.353. The molecule has 0 atom stereocenters. The smallest absolute Gasteiger partial charge is 0.340 e. The lowest BCUT2D eigenvalue weighted by atomic mass is 10.1. The van der Waals surface area contributed by atoms with Crippen molar-refractivity contribution in [2.75, 3.05) is 10.6 Å². The predicted octanol–water partition coefficient (Wildman–Crippen LogP) is 10.5. The molecular formula is C34H38Cl3N5O4S. The number of carbonyl (C=O) groups is 1. The minimum Gasteiger partial charge on any atom is -0.371 e. The van der Waals surface area contributed by atoms with Crippen molar-refractivity contribution in [2.24, 2.45) is 0 Å². The molecule has 0 saturated heterocycles. The van der Waals surface area contributed by atoms with Crippen molar-refractivity contribution in [2.45, 2.75) is 82.4 Å². The average Bonchev–Trinajstić information content (AvgIpc) is 3.54. The van der Waals surface area contributed by atoms with Crippen LogP contribution in [0.3, 0.4) is 0 Å². The van der Waals surface area contributed by atoms with Crippen molar-refractivity contribution in [3.05, 3.63) is 75.7 Å². The Morgan fingerprint density at radius 2 is 1.57 bits per heavy atom. The van der Waals surface area contributed by atoms with Crippen LogP contribution in [0.1, 0.15) is 77.6 Å². The van der Waals surface area contributed by atoms with Gasteiger partial charge in [-0.2, -0.15) is 8.42 Å². The highest BCUT2D eigenvalue weighted by atomic mass is 35.5. The lowest BCUT2D eigenvalue weighted by molar-refractivity contribution is -0.116. The highest BCUT2D eigenvalue weighted by Crippen LogP contribution is 2.38. The van der Waals surface area contributed by atoms with E-state index < -0.39 is 10.1 Å². The van der Waals surface area contributed by atoms with Crippen LogP contribution in [0.5, 0.6) is 5.75 Å². The summed E-state index contributed by atoms with van der Waals surface area (Å²) in [6.45, 7) is 2.23. The number of halogens is 3. The first-order valence-electron chi connectivity index (χ1n) is 15.9. The Morgan fingerprint density at radius 3 is 2.28 bits per heavy atom. The molecule has 3 aromatic carbocycles. The van der Waals surface area contributed by atoms with Crippen molar-refractivity contribution in [1.82, 2.24) is 14.6 Å². The Bertz CT molecular complexity index is 1960. The third-order valence-electron chi connectivity index (χ3n) is 7.84. The SMILES string of the molecule is CCCCCCCCCCCCC(=O)Nc1ccc2c(c1)[nH]c1c(OS(=O)(=O)c3ccc(Cl)cc3Cl)c(Nc3ccccc3Cl)nn12. The van der Waals surface area contributed by atoms with Crippen molar-refractivity contribution in [3.63, 3.8) is 0 Å². The second-order valence-electron chi connectivity index (χ2n) is 11.5. The number of amides is 1. The number of fused-ring (bicyclic) bond motifs is 3. The largest absolute Gasteiger partial charge is 0.371 e. The van der Waals surface area contributed by atoms with E-state index in [9.17, 15) is 13.2 Å². The van der Waals surface area contributed by atoms with E-state index >= 15 is 0 Å². The average molecular weight is 719 g/mol. The van der Waals surface area contributed by atoms with Gasteiger partial charge in [0.05, 0.1) is 26.8 Å². The number of imidazole rings is 1. The quantitative estimate of drug-likeness (QED) is 0.0651. The Labute approximate surface area is 290 Å². The van der Waals surface area contributed by atoms with E-state index in [1.54, 1.807) is 42.5 Å². The Balaban J connectivity index is 1.32. The van der Waals surface area contributed by atoms with Crippen molar-refractivity contribution >= 4 is 84.7 Å². The van der Waals surface area contributed by atoms with Crippen LogP contribution < -0.4 is 14.8 Å². The number of hydrogen-bond acceptors (Lipinski definition) is 6. The summed E-state index contributed by atoms with van der Waals surface area (Å²) in [5.74, 6) is -0.0473. The molecular weight excluding hydrogens is 681 g/mol. The third-order valence-corrected chi connectivity index (χ3v) is 10.1. The first-order valence-corrected chi connectivity index (χ1v) is 18.5. The van der Waals surface area contributed by atoms with Crippen LogP contribution in [0.2, 0.25) is 15.1 Å². The number of nitrogens with zero attached hydrogens (tertiary/aromatic N) is 2. The summed E-state index contributed by atoms with van der Waals surface area (Å²) in [6.07, 6.45) is 12.5. The highest BCUT2D eigenvalue weighted by Gasteiger charge is 2.28. The summed E-state index contributed by atoms with van der Waals surface area (Å²) in [6, 6.07) is 16.3. The molecule has 0 fully saturated rings. The fourth-order valence-electron chi connectivity index (χ4n) is 5.39. The van der Waals surface area contributed by atoms with E-state index in [1.807, 2.05) is 0 Å². The Morgan fingerprint density at radius 1 is 0.872 bits per heavy atom. The number of hydrogen-bond donors (Lipinski definition) is 3. The summed E-state index contributed by atoms with van der Waals surface area (Å²) in [4.78, 5) is 15.6. The van der Waals surface area contributed by atoms with E-state index in [4.69, 9.17) is 39.0 Å². The zero-order chi connectivity index (χ0) is 33.4. The summed E-state index contributed by atoms with van der Waals surface area (Å²) in [7, 11) is -4.42. The molecule has 13 heteroatoms. The number of rotatable bonds is 17. The number of carbonyl (C=O) groups excluding carboxylic acids is 1. The van der Waals surface area contributed by atoms with Crippen LogP contribution >= 0.6 is 34.8 Å². The lowest BCUT2D eigenvalue weighted by Gasteiger charge is -2.10. The molecule has 3 N–H and O–H groups in total. The molecule has 250 valence electrons. The van der Waals surface area contributed by atoms with Gasteiger partial charge in [-0.15, -0.1) is 5.10 Å². The number of anilines is 3. The molecule has 9 nitrogen and oxygen atoms in total. The first kappa shape index (κ1) is 34.9. The molecule has 0 bridgehead atoms. The fourth-order valence-corrected chi connectivity index (χ4v) is 7.27. The van der Waals surface area contributed by atoms with Gasteiger partial charge in [0, 0.05) is 17.1 Å². The summed E-state index contributed by atoms with van der Waals surface area (Å²) in [5, 5.41) is 11.3. The molecule has 0 unspecified atom stereocenters. The van der Waals surface area contributed by atoms with E-state index in [2.05, 4.69) is 27.6 Å². The molecule has 0 radical (unpaired) electrons. The summed E-state index contributed by atoms with van der Waals surface area (Å²) >= 11 is 18.6. The number of para-hydroxylation sites is 1. The predicted molar refractivity (Wildman–Crippen MR) is 191 cm³/mol. The first-order chi connectivity index (χ1) is 22.7. The molecule has 5 aromatic rings. The zero-order valence-electron chi connectivity index (χ0n) is 26.1. The Kier molecular flexibility index (Phi) is 12.0. The molecule has 0 saturated carbocycles. The van der Waals surface area contributed by atoms with Crippen molar-refractivity contribution in [1.29, 1.82) is 0 Å². The molecule has 0 spiro atoms. The second-order valence-corrected chi connectivity index (χ2v) is 14.3. The minimum absolute atomic E-state index is 0.0542. The molecule has 47 heavy (non-hydrogen) atoms. The van der Waals surface area contributed by atoms with Gasteiger partial charge in [-0.05, 0) is 55.0 Å². The number of H-pyrrole nitrogens is 1. The maximum absolute atomic E-state index is 13.4. The van der Waals surface area contributed by atoms with Gasteiger partial charge in [0.25, 0.3) is 0 Å². The number of unbranched alkanes of at least 4 members (excludes halogenated alkanes) is 9. The van der Waals surface area contributed by atoms with Gasteiger partial charge in [-0.3, -0.25) is 4.79 Å². The summed E-state index contributed by atoms with van der Waals surface area (Å²) < 4.78 is 34.1. The topological polar surface area (TPSA) is 118 Å². The van der Waals surface area contributed by atoms with Crippen molar-refractivity contribution in [3.8, 4) is 5.75 Å². The van der Waals surface area contributed by atoms with Crippen molar-refractivity contribution < 1.29 is 17.4 Å². The van der Waals surface area contributed by atoms with Crippen LogP contribution in [-0.2, 0) is 14.9 Å². The molecule has 0 aliphatic carbocycles. The van der Waals surface area contributed by atoms with Crippen LogP contribution in [0, 0.1) is 0 Å². The molecule has 2 heterocycles. The van der Waals surface area contributed by atoms with Gasteiger partial charge in [-0.25, -0.2) is 4.52 Å². The molecule has 0 aliphatic heterocycles. The van der Waals surface area contributed by atoms with E-state index in [0.717, 1.165) is 19.3 Å². The third kappa shape index (κ3) is 8.93. The monoisotopic (exact) mass is 717 g/mol. The maximum Gasteiger partial charge on any atom is 0.340 e. The van der Waals surface area contributed by atoms with Gasteiger partial charge >= 0.3 is 10.1 Å². The van der Waals surface area contributed by atoms with E-state index in [1.165, 1.54) is 67.7 Å². The lowest BCUT2D eigenvalue weighted by Crippen LogP contribution is -2.11. The highest BCUT2D eigenvalue weighted by molar-refractivity contribution is 7.87. The van der Waals surface area contributed by atoms with Crippen LogP contribution in [-0.4, -0.2) is 28.9 Å². The number of aromatic amines is 1. The molecule has 5 rings (SSSR count). The standard InChI is InChI=1S/C34H38Cl3N5O4S/c1-2-3-4-5-6-7-8-9-10-11-16-31(43)38-24-18-19-29-28(22-24)40-34-32(46-47(44,45)30-20-17-23(35)21-26(30)37)33(41-42(29)34)39-27-15-13-12-14-25(27)36/h12-15,17-22,40H,2-11,16H2,1H3,(H,38,43)(H,39,41). The van der Waals surface area contributed by atoms with Gasteiger partial charge < -0.3 is 19.8 Å². The van der Waals surface area contributed by atoms with E-state index in [0.29, 0.717) is 33.9 Å². The van der Waals surface area contributed by atoms with Crippen LogP contribution in [0.15, 0.2) is 65.6 Å². The number of benzene rings is 3. The van der Waals surface area contributed by atoms with Gasteiger partial charge in [-0.1, -0.05) is 112 Å². The van der Waals surface area contributed by atoms with E-state index in [-0.39, 0.29) is 38.1 Å². The number of nitrogens with one attached hydrogen (secondary N) is 3. The summed E-state index contributed by atoms with van der Waals surface area (Å²) in [5.41, 5.74) is 2.61. The molecule has 2 aromatic heterocycles. The van der Waals surface area contributed by atoms with Gasteiger partial charge in [0.1, 0.15) is 4.90 Å². The maximum atomic E-state index is 13.4. The van der Waals surface area contributed by atoms with Crippen LogP contribution in [0.25, 0.3) is 16.7 Å². The molecule has 0 aliphatic rings. The van der Waals surface area contributed by atoms with Gasteiger partial charge in [0.2, 0.25) is 11.7 Å².